The fraction of sp³-hybridized carbons (Fsp3) is 0. The number of hydrogen-bond donors (Lipinski definition) is 0. The van der Waals surface area contributed by atoms with Crippen molar-refractivity contribution in [2.45, 2.75) is 0 Å². The molecule has 18 heavy (non-hydrogen) atoms. The molecule has 0 unspecified atom stereocenters. The van der Waals surface area contributed by atoms with Gasteiger partial charge in [-0.1, -0.05) is 34.8 Å². The normalized spacial score (nSPS) is 11.1. The Morgan fingerprint density at radius 3 is 2.56 bits per heavy atom. The average Bonchev–Trinajstić information content (AvgIpc) is 2.74. The zero-order valence-electron chi connectivity index (χ0n) is 8.94. The van der Waals surface area contributed by atoms with Gasteiger partial charge in [0.25, 0.3) is 0 Å². The highest BCUT2D eigenvalue weighted by molar-refractivity contribution is 6.36. The van der Waals surface area contributed by atoms with Crippen LogP contribution < -0.4 is 0 Å². The molecule has 0 aliphatic rings. The fourth-order valence-electron chi connectivity index (χ4n) is 1.74. The second-order valence-corrected chi connectivity index (χ2v) is 4.95. The van der Waals surface area contributed by atoms with Crippen LogP contribution in [0.5, 0.6) is 0 Å². The molecule has 0 radical (unpaired) electrons. The molecular weight excluding hydrogens is 293 g/mol. The number of benzene rings is 1. The van der Waals surface area contributed by atoms with Crippen LogP contribution >= 0.6 is 34.8 Å². The molecule has 0 spiro atoms. The first kappa shape index (κ1) is 11.8. The average molecular weight is 299 g/mol. The summed E-state index contributed by atoms with van der Waals surface area (Å²) in [6.07, 6.45) is 1.83. The Labute approximate surface area is 118 Å². The molecule has 6 heteroatoms. The van der Waals surface area contributed by atoms with Gasteiger partial charge in [-0.3, -0.25) is 4.40 Å². The van der Waals surface area contributed by atoms with Crippen LogP contribution in [-0.4, -0.2) is 14.6 Å². The highest BCUT2D eigenvalue weighted by Gasteiger charge is 2.12. The van der Waals surface area contributed by atoms with Gasteiger partial charge in [0.05, 0.1) is 10.0 Å². The van der Waals surface area contributed by atoms with E-state index in [0.29, 0.717) is 26.5 Å². The van der Waals surface area contributed by atoms with E-state index in [0.717, 1.165) is 5.56 Å². The molecule has 0 bridgehead atoms. The van der Waals surface area contributed by atoms with Gasteiger partial charge in [0.15, 0.2) is 11.5 Å². The van der Waals surface area contributed by atoms with Gasteiger partial charge in [0, 0.05) is 16.8 Å². The molecule has 0 aliphatic carbocycles. The monoisotopic (exact) mass is 297 g/mol. The highest BCUT2D eigenvalue weighted by atomic mass is 35.5. The van der Waals surface area contributed by atoms with Crippen LogP contribution in [-0.2, 0) is 0 Å². The van der Waals surface area contributed by atoms with E-state index in [1.807, 2.05) is 18.3 Å². The van der Waals surface area contributed by atoms with E-state index in [1.54, 1.807) is 22.6 Å². The largest absolute Gasteiger partial charge is 0.281 e. The van der Waals surface area contributed by atoms with Gasteiger partial charge in [-0.05, 0) is 30.3 Å². The predicted octanol–water partition coefficient (Wildman–Crippen LogP) is 4.36. The molecule has 0 N–H and O–H groups in total. The summed E-state index contributed by atoms with van der Waals surface area (Å²) in [5.41, 5.74) is 1.36. The maximum Gasteiger partial charge on any atom is 0.179 e. The van der Waals surface area contributed by atoms with E-state index in [4.69, 9.17) is 34.8 Å². The maximum absolute atomic E-state index is 6.16. The van der Waals surface area contributed by atoms with E-state index in [-0.39, 0.29) is 0 Å². The van der Waals surface area contributed by atoms with Crippen molar-refractivity contribution in [2.75, 3.05) is 0 Å². The van der Waals surface area contributed by atoms with Crippen molar-refractivity contribution in [1.29, 1.82) is 0 Å². The zero-order chi connectivity index (χ0) is 12.7. The van der Waals surface area contributed by atoms with Crippen LogP contribution in [0, 0.1) is 0 Å². The van der Waals surface area contributed by atoms with E-state index in [9.17, 15) is 0 Å². The van der Waals surface area contributed by atoms with Gasteiger partial charge in [0.2, 0.25) is 0 Å². The number of nitrogens with zero attached hydrogens (tertiary/aromatic N) is 3. The Morgan fingerprint density at radius 2 is 1.78 bits per heavy atom. The van der Waals surface area contributed by atoms with Crippen molar-refractivity contribution < 1.29 is 0 Å². The van der Waals surface area contributed by atoms with Crippen LogP contribution in [0.1, 0.15) is 0 Å². The number of rotatable bonds is 1. The second kappa shape index (κ2) is 4.43. The third kappa shape index (κ3) is 1.85. The Balaban J connectivity index is 2.29. The van der Waals surface area contributed by atoms with Crippen LogP contribution in [0.25, 0.3) is 17.0 Å². The highest BCUT2D eigenvalue weighted by Crippen LogP contribution is 2.30. The van der Waals surface area contributed by atoms with E-state index in [2.05, 4.69) is 10.2 Å². The summed E-state index contributed by atoms with van der Waals surface area (Å²) >= 11 is 18.1. The van der Waals surface area contributed by atoms with Gasteiger partial charge in [-0.15, -0.1) is 10.2 Å². The minimum Gasteiger partial charge on any atom is -0.281 e. The lowest BCUT2D eigenvalue weighted by Crippen LogP contribution is -1.90. The maximum atomic E-state index is 6.16. The van der Waals surface area contributed by atoms with Crippen LogP contribution in [0.2, 0.25) is 15.1 Å². The number of fused-ring (bicyclic) bond motifs is 1. The molecule has 0 aliphatic heterocycles. The molecular formula is C12H6Cl3N3. The Bertz CT molecular complexity index is 737. The molecule has 0 amide bonds. The third-order valence-electron chi connectivity index (χ3n) is 2.56. The molecule has 2 heterocycles. The number of halogens is 3. The number of pyridine rings is 1. The molecule has 1 aromatic carbocycles. The van der Waals surface area contributed by atoms with Crippen LogP contribution in [0.15, 0.2) is 36.5 Å². The molecule has 0 saturated heterocycles. The van der Waals surface area contributed by atoms with Crippen molar-refractivity contribution in [1.82, 2.24) is 14.6 Å². The van der Waals surface area contributed by atoms with E-state index >= 15 is 0 Å². The van der Waals surface area contributed by atoms with E-state index < -0.39 is 0 Å². The molecule has 3 nitrogen and oxygen atoms in total. The Kier molecular flexibility index (Phi) is 2.90. The smallest absolute Gasteiger partial charge is 0.179 e. The first-order valence-corrected chi connectivity index (χ1v) is 6.25. The summed E-state index contributed by atoms with van der Waals surface area (Å²) in [5.74, 6) is 0.633. The predicted molar refractivity (Wildman–Crippen MR) is 73.5 cm³/mol. The minimum absolute atomic E-state index is 0.525. The minimum atomic E-state index is 0.525. The molecule has 0 fully saturated rings. The Morgan fingerprint density at radius 1 is 0.944 bits per heavy atom. The van der Waals surface area contributed by atoms with E-state index in [1.165, 1.54) is 0 Å². The summed E-state index contributed by atoms with van der Waals surface area (Å²) in [6.45, 7) is 0. The van der Waals surface area contributed by atoms with Gasteiger partial charge in [-0.2, -0.15) is 0 Å². The zero-order valence-corrected chi connectivity index (χ0v) is 11.2. The van der Waals surface area contributed by atoms with Crippen molar-refractivity contribution in [2.24, 2.45) is 0 Å². The number of hydrogen-bond acceptors (Lipinski definition) is 2. The van der Waals surface area contributed by atoms with Crippen molar-refractivity contribution in [3.8, 4) is 11.4 Å². The lowest BCUT2D eigenvalue weighted by Gasteiger charge is -2.03. The lowest BCUT2D eigenvalue weighted by molar-refractivity contribution is 1.11. The SMILES string of the molecule is Clc1ccc(-c2nnc3c(Cl)cccn23)c(Cl)c1. The quantitative estimate of drug-likeness (QED) is 0.668. The van der Waals surface area contributed by atoms with Gasteiger partial charge >= 0.3 is 0 Å². The van der Waals surface area contributed by atoms with Crippen LogP contribution in [0.4, 0.5) is 0 Å². The van der Waals surface area contributed by atoms with Gasteiger partial charge in [-0.25, -0.2) is 0 Å². The van der Waals surface area contributed by atoms with Crippen LogP contribution in [0.3, 0.4) is 0 Å². The molecule has 0 saturated carbocycles. The topological polar surface area (TPSA) is 30.2 Å². The summed E-state index contributed by atoms with van der Waals surface area (Å²) in [5, 5.41) is 9.81. The summed E-state index contributed by atoms with van der Waals surface area (Å²) in [7, 11) is 0. The van der Waals surface area contributed by atoms with Gasteiger partial charge in [0.1, 0.15) is 0 Å². The Hall–Kier alpha value is -1.29. The first-order valence-electron chi connectivity index (χ1n) is 5.11. The van der Waals surface area contributed by atoms with Gasteiger partial charge < -0.3 is 0 Å². The fourth-order valence-corrected chi connectivity index (χ4v) is 2.43. The summed E-state index contributed by atoms with van der Waals surface area (Å²) in [4.78, 5) is 0. The molecule has 90 valence electrons. The van der Waals surface area contributed by atoms with Crippen molar-refractivity contribution >= 4 is 40.4 Å². The molecule has 2 aromatic heterocycles. The first-order chi connectivity index (χ1) is 8.66. The second-order valence-electron chi connectivity index (χ2n) is 3.70. The van der Waals surface area contributed by atoms with Crippen molar-refractivity contribution in [3.05, 3.63) is 51.6 Å². The standard InChI is InChI=1S/C12H6Cl3N3/c13-7-3-4-8(10(15)6-7)11-16-17-12-9(14)2-1-5-18(11)12/h1-6H. The number of aromatic nitrogens is 3. The molecule has 0 atom stereocenters. The lowest BCUT2D eigenvalue weighted by atomic mass is 10.2. The molecule has 3 aromatic rings. The molecule has 3 rings (SSSR count). The summed E-state index contributed by atoms with van der Waals surface area (Å²) < 4.78 is 1.79. The third-order valence-corrected chi connectivity index (χ3v) is 3.40. The summed E-state index contributed by atoms with van der Waals surface area (Å²) in [6, 6.07) is 8.82. The van der Waals surface area contributed by atoms with Crippen molar-refractivity contribution in [3.63, 3.8) is 0 Å².